The van der Waals surface area contributed by atoms with Crippen LogP contribution in [-0.4, -0.2) is 68.5 Å². The number of nitrogens with one attached hydrogen (secondary N) is 1. The number of anilines is 1. The Morgan fingerprint density at radius 2 is 1.69 bits per heavy atom. The maximum Gasteiger partial charge on any atom is 0.251 e. The number of rotatable bonds is 7. The van der Waals surface area contributed by atoms with E-state index in [1.54, 1.807) is 12.1 Å². The van der Waals surface area contributed by atoms with Gasteiger partial charge in [-0.15, -0.1) is 0 Å². The third kappa shape index (κ3) is 6.36. The summed E-state index contributed by atoms with van der Waals surface area (Å²) in [6.45, 7) is 7.39. The molecule has 2 saturated heterocycles. The van der Waals surface area contributed by atoms with Gasteiger partial charge >= 0.3 is 0 Å². The van der Waals surface area contributed by atoms with Gasteiger partial charge in [-0.1, -0.05) is 6.07 Å². The topological polar surface area (TPSA) is 57.2 Å². The lowest BCUT2D eigenvalue weighted by Crippen LogP contribution is -2.39. The summed E-state index contributed by atoms with van der Waals surface area (Å²) in [5.74, 6) is 1.09. The Balaban J connectivity index is 0.895. The van der Waals surface area contributed by atoms with Gasteiger partial charge in [0.25, 0.3) is 5.91 Å². The molecule has 1 saturated carbocycles. The number of carbonyl (C=O) groups excluding carboxylic acids is 1. The van der Waals surface area contributed by atoms with Gasteiger partial charge < -0.3 is 19.9 Å². The van der Waals surface area contributed by atoms with E-state index in [9.17, 15) is 9.18 Å². The van der Waals surface area contributed by atoms with Crippen LogP contribution in [-0.2, 0) is 11.3 Å². The lowest BCUT2D eigenvalue weighted by atomic mass is 9.83. The van der Waals surface area contributed by atoms with Gasteiger partial charge in [-0.05, 0) is 112 Å². The number of nitrogens with zero attached hydrogens (tertiary/aromatic N) is 3. The lowest BCUT2D eigenvalue weighted by Gasteiger charge is -2.34. The Morgan fingerprint density at radius 3 is 2.44 bits per heavy atom. The van der Waals surface area contributed by atoms with Crippen LogP contribution in [0.4, 0.5) is 10.1 Å². The summed E-state index contributed by atoms with van der Waals surface area (Å²) in [7, 11) is 0. The fourth-order valence-corrected chi connectivity index (χ4v) is 6.83. The maximum absolute atomic E-state index is 13.8. The average Bonchev–Trinajstić information content (AvgIpc) is 3.40. The predicted molar refractivity (Wildman–Crippen MR) is 153 cm³/mol. The number of benzene rings is 2. The zero-order valence-electron chi connectivity index (χ0n) is 22.9. The summed E-state index contributed by atoms with van der Waals surface area (Å²) >= 11 is 0. The van der Waals surface area contributed by atoms with Gasteiger partial charge in [-0.25, -0.2) is 4.39 Å². The third-order valence-corrected chi connectivity index (χ3v) is 9.28. The van der Waals surface area contributed by atoms with Gasteiger partial charge in [0.2, 0.25) is 0 Å². The molecule has 4 aliphatic rings. The molecule has 6 nitrogen and oxygen atoms in total. The van der Waals surface area contributed by atoms with Crippen LogP contribution in [0.2, 0.25) is 0 Å². The van der Waals surface area contributed by atoms with Crippen molar-refractivity contribution in [2.75, 3.05) is 50.8 Å². The highest BCUT2D eigenvalue weighted by Gasteiger charge is 2.29. The third-order valence-electron chi connectivity index (χ3n) is 9.28. The minimum atomic E-state index is -0.159. The average molecular weight is 533 g/mol. The van der Waals surface area contributed by atoms with Gasteiger partial charge in [-0.2, -0.15) is 0 Å². The van der Waals surface area contributed by atoms with Crippen LogP contribution in [0.25, 0.3) is 0 Å². The van der Waals surface area contributed by atoms with Crippen molar-refractivity contribution >= 4 is 17.3 Å². The number of halogens is 1. The molecule has 1 amide bonds. The van der Waals surface area contributed by atoms with Crippen molar-refractivity contribution in [3.63, 3.8) is 0 Å². The number of ether oxygens (including phenoxy) is 1. The molecule has 0 bridgehead atoms. The molecule has 0 spiro atoms. The SMILES string of the molecule is O=C(N[C@H]1CC[C@H](CCN2CCC(C3=NCc4ccc(F)cc43)CC2)CC1)c1ccc(N2CCOCC2)cc1. The zero-order valence-corrected chi connectivity index (χ0v) is 22.9. The van der Waals surface area contributed by atoms with Gasteiger partial charge in [0.1, 0.15) is 5.82 Å². The molecule has 7 heteroatoms. The smallest absolute Gasteiger partial charge is 0.251 e. The zero-order chi connectivity index (χ0) is 26.6. The van der Waals surface area contributed by atoms with Crippen molar-refractivity contribution < 1.29 is 13.9 Å². The molecule has 6 rings (SSSR count). The molecule has 208 valence electrons. The fraction of sp³-hybridized carbons (Fsp3) is 0.562. The summed E-state index contributed by atoms with van der Waals surface area (Å²) in [5.41, 5.74) is 5.25. The monoisotopic (exact) mass is 532 g/mol. The number of likely N-dealkylation sites (tertiary alicyclic amines) is 1. The Labute approximate surface area is 231 Å². The van der Waals surface area contributed by atoms with Gasteiger partial charge in [0.05, 0.1) is 19.8 Å². The van der Waals surface area contributed by atoms with Crippen molar-refractivity contribution in [1.82, 2.24) is 10.2 Å². The number of morpholine rings is 1. The van der Waals surface area contributed by atoms with Crippen LogP contribution in [0, 0.1) is 17.7 Å². The quantitative estimate of drug-likeness (QED) is 0.542. The number of piperidine rings is 1. The minimum Gasteiger partial charge on any atom is -0.378 e. The van der Waals surface area contributed by atoms with E-state index < -0.39 is 0 Å². The molecule has 1 N–H and O–H groups in total. The van der Waals surface area contributed by atoms with Gasteiger partial charge in [-0.3, -0.25) is 9.79 Å². The highest BCUT2D eigenvalue weighted by atomic mass is 19.1. The largest absolute Gasteiger partial charge is 0.378 e. The number of hydrogen-bond acceptors (Lipinski definition) is 5. The molecule has 0 atom stereocenters. The molecular weight excluding hydrogens is 491 g/mol. The Kier molecular flexibility index (Phi) is 8.26. The van der Waals surface area contributed by atoms with Crippen LogP contribution in [0.5, 0.6) is 0 Å². The standard InChI is InChI=1S/C32H41FN4O2/c33-27-6-3-26-22-34-31(30(26)21-27)24-12-15-36(16-13-24)14-11-23-1-7-28(8-2-23)35-32(38)25-4-9-29(10-5-25)37-17-19-39-20-18-37/h3-6,9-10,21,23-24,28H,1-2,7-8,11-20,22H2,(H,35,38)/t23-,28-. The first-order valence-electron chi connectivity index (χ1n) is 14.9. The van der Waals surface area contributed by atoms with E-state index >= 15 is 0 Å². The molecule has 0 unspecified atom stereocenters. The first-order chi connectivity index (χ1) is 19.1. The Morgan fingerprint density at radius 1 is 0.949 bits per heavy atom. The number of carbonyl (C=O) groups is 1. The number of fused-ring (bicyclic) bond motifs is 1. The molecule has 3 heterocycles. The van der Waals surface area contributed by atoms with E-state index in [-0.39, 0.29) is 17.8 Å². The van der Waals surface area contributed by atoms with E-state index in [1.807, 2.05) is 18.2 Å². The van der Waals surface area contributed by atoms with Crippen molar-refractivity contribution in [2.45, 2.75) is 57.5 Å². The van der Waals surface area contributed by atoms with E-state index in [0.29, 0.717) is 12.5 Å². The normalized spacial score (nSPS) is 24.3. The van der Waals surface area contributed by atoms with Gasteiger partial charge in [0, 0.05) is 47.6 Å². The van der Waals surface area contributed by atoms with Crippen LogP contribution >= 0.6 is 0 Å². The molecule has 0 radical (unpaired) electrons. The molecule has 2 aromatic carbocycles. The summed E-state index contributed by atoms with van der Waals surface area (Å²) in [6, 6.07) is 13.4. The second-order valence-corrected chi connectivity index (χ2v) is 11.7. The first kappa shape index (κ1) is 26.5. The van der Waals surface area contributed by atoms with E-state index in [0.717, 1.165) is 100 Å². The van der Waals surface area contributed by atoms with Crippen molar-refractivity contribution in [3.05, 3.63) is 65.0 Å². The van der Waals surface area contributed by atoms with Crippen LogP contribution in [0.3, 0.4) is 0 Å². The number of hydrogen-bond donors (Lipinski definition) is 1. The fourth-order valence-electron chi connectivity index (χ4n) is 6.83. The second kappa shape index (κ2) is 12.2. The first-order valence-corrected chi connectivity index (χ1v) is 14.9. The predicted octanol–water partition coefficient (Wildman–Crippen LogP) is 5.06. The number of amides is 1. The molecule has 1 aliphatic carbocycles. The Hall–Kier alpha value is -2.77. The maximum atomic E-state index is 13.8. The van der Waals surface area contributed by atoms with E-state index in [2.05, 4.69) is 27.2 Å². The molecule has 0 aromatic heterocycles. The molecule has 2 aromatic rings. The summed E-state index contributed by atoms with van der Waals surface area (Å²) < 4.78 is 19.2. The molecule has 39 heavy (non-hydrogen) atoms. The second-order valence-electron chi connectivity index (χ2n) is 11.7. The van der Waals surface area contributed by atoms with Crippen LogP contribution in [0.15, 0.2) is 47.5 Å². The van der Waals surface area contributed by atoms with Gasteiger partial charge in [0.15, 0.2) is 0 Å². The Bertz CT molecular complexity index is 1160. The van der Waals surface area contributed by atoms with E-state index in [4.69, 9.17) is 9.73 Å². The summed E-state index contributed by atoms with van der Waals surface area (Å²) in [4.78, 5) is 22.5. The highest BCUT2D eigenvalue weighted by Crippen LogP contribution is 2.31. The van der Waals surface area contributed by atoms with E-state index in [1.165, 1.54) is 24.8 Å². The minimum absolute atomic E-state index is 0.0482. The molecule has 3 fully saturated rings. The number of aliphatic imine (C=N–C) groups is 1. The highest BCUT2D eigenvalue weighted by molar-refractivity contribution is 6.05. The van der Waals surface area contributed by atoms with Crippen molar-refractivity contribution in [1.29, 1.82) is 0 Å². The summed E-state index contributed by atoms with van der Waals surface area (Å²) in [6.07, 6.45) is 7.98. The molecular formula is C32H41FN4O2. The van der Waals surface area contributed by atoms with Crippen LogP contribution in [0.1, 0.15) is 66.4 Å². The lowest BCUT2D eigenvalue weighted by molar-refractivity contribution is 0.0919. The molecule has 3 aliphatic heterocycles. The summed E-state index contributed by atoms with van der Waals surface area (Å²) in [5, 5.41) is 3.28. The van der Waals surface area contributed by atoms with Crippen molar-refractivity contribution in [3.8, 4) is 0 Å². The van der Waals surface area contributed by atoms with Crippen LogP contribution < -0.4 is 10.2 Å². The van der Waals surface area contributed by atoms with Crippen molar-refractivity contribution in [2.24, 2.45) is 16.8 Å².